The molecule has 1 unspecified atom stereocenters. The fourth-order valence-corrected chi connectivity index (χ4v) is 2.91. The number of hydrogen-bond acceptors (Lipinski definition) is 3. The summed E-state index contributed by atoms with van der Waals surface area (Å²) in [7, 11) is 0. The second-order valence-electron chi connectivity index (χ2n) is 6.50. The van der Waals surface area contributed by atoms with Crippen molar-refractivity contribution in [1.82, 2.24) is 0 Å². The van der Waals surface area contributed by atoms with E-state index in [4.69, 9.17) is 9.47 Å². The van der Waals surface area contributed by atoms with Crippen molar-refractivity contribution in [2.45, 2.75) is 56.8 Å². The van der Waals surface area contributed by atoms with Gasteiger partial charge in [-0.1, -0.05) is 30.3 Å². The van der Waals surface area contributed by atoms with E-state index in [9.17, 15) is 4.79 Å². The van der Waals surface area contributed by atoms with E-state index in [0.717, 1.165) is 24.8 Å². The molecular formula is C16H20O3. The van der Waals surface area contributed by atoms with E-state index in [2.05, 4.69) is 0 Å². The zero-order valence-electron chi connectivity index (χ0n) is 11.7. The summed E-state index contributed by atoms with van der Waals surface area (Å²) in [5, 5.41) is 0. The first-order valence-corrected chi connectivity index (χ1v) is 6.89. The van der Waals surface area contributed by atoms with Crippen molar-refractivity contribution in [1.29, 1.82) is 0 Å². The zero-order valence-corrected chi connectivity index (χ0v) is 11.7. The third-order valence-electron chi connectivity index (χ3n) is 3.98. The predicted octanol–water partition coefficient (Wildman–Crippen LogP) is 3.18. The van der Waals surface area contributed by atoms with Crippen LogP contribution >= 0.6 is 0 Å². The monoisotopic (exact) mass is 260 g/mol. The van der Waals surface area contributed by atoms with Crippen molar-refractivity contribution >= 4 is 5.97 Å². The highest BCUT2D eigenvalue weighted by Gasteiger charge is 2.78. The van der Waals surface area contributed by atoms with E-state index in [1.54, 1.807) is 0 Å². The van der Waals surface area contributed by atoms with Crippen LogP contribution < -0.4 is 0 Å². The molecule has 1 aliphatic carbocycles. The van der Waals surface area contributed by atoms with Crippen LogP contribution in [0.3, 0.4) is 0 Å². The van der Waals surface area contributed by atoms with Gasteiger partial charge in [0.2, 0.25) is 5.60 Å². The van der Waals surface area contributed by atoms with E-state index in [-0.39, 0.29) is 11.6 Å². The summed E-state index contributed by atoms with van der Waals surface area (Å²) in [6, 6.07) is 9.74. The van der Waals surface area contributed by atoms with Crippen LogP contribution in [0.4, 0.5) is 0 Å². The molecule has 0 bridgehead atoms. The largest absolute Gasteiger partial charge is 0.457 e. The first-order valence-electron chi connectivity index (χ1n) is 6.89. The fourth-order valence-electron chi connectivity index (χ4n) is 2.91. The Labute approximate surface area is 113 Å². The molecule has 2 fully saturated rings. The number of rotatable bonds is 2. The molecule has 1 spiro atoms. The molecule has 19 heavy (non-hydrogen) atoms. The van der Waals surface area contributed by atoms with Gasteiger partial charge in [-0.05, 0) is 45.6 Å². The SMILES string of the molecule is CC(C)(C)OC(=O)C1(c2ccccc2)OC12CCC2. The Bertz CT molecular complexity index is 496. The average Bonchev–Trinajstić information content (AvgIpc) is 2.99. The highest BCUT2D eigenvalue weighted by Crippen LogP contribution is 2.66. The number of ether oxygens (including phenoxy) is 2. The summed E-state index contributed by atoms with van der Waals surface area (Å²) in [5.41, 5.74) is -0.726. The Morgan fingerprint density at radius 3 is 2.26 bits per heavy atom. The van der Waals surface area contributed by atoms with Gasteiger partial charge in [0.15, 0.2) is 0 Å². The summed E-state index contributed by atoms with van der Waals surface area (Å²) in [4.78, 5) is 12.6. The lowest BCUT2D eigenvalue weighted by Gasteiger charge is -2.28. The van der Waals surface area contributed by atoms with Gasteiger partial charge in [0, 0.05) is 0 Å². The summed E-state index contributed by atoms with van der Waals surface area (Å²) in [5.74, 6) is -0.245. The van der Waals surface area contributed by atoms with Gasteiger partial charge >= 0.3 is 5.97 Å². The van der Waals surface area contributed by atoms with Gasteiger partial charge in [-0.25, -0.2) is 4.79 Å². The Balaban J connectivity index is 1.94. The Kier molecular flexibility index (Phi) is 2.55. The molecule has 1 aromatic carbocycles. The molecule has 2 aliphatic rings. The molecular weight excluding hydrogens is 240 g/mol. The van der Waals surface area contributed by atoms with Crippen LogP contribution in [0.25, 0.3) is 0 Å². The molecule has 3 rings (SSSR count). The number of esters is 1. The van der Waals surface area contributed by atoms with Crippen LogP contribution in [0.15, 0.2) is 30.3 Å². The normalized spacial score (nSPS) is 27.7. The molecule has 0 amide bonds. The molecule has 3 heteroatoms. The minimum Gasteiger partial charge on any atom is -0.457 e. The summed E-state index contributed by atoms with van der Waals surface area (Å²) in [6.07, 6.45) is 3.01. The third-order valence-corrected chi connectivity index (χ3v) is 3.98. The van der Waals surface area contributed by atoms with Crippen LogP contribution in [0.5, 0.6) is 0 Å². The number of carbonyl (C=O) groups is 1. The van der Waals surface area contributed by atoms with Crippen molar-refractivity contribution in [3.05, 3.63) is 35.9 Å². The zero-order chi connectivity index (χ0) is 13.7. The smallest absolute Gasteiger partial charge is 0.346 e. The first kappa shape index (κ1) is 12.7. The summed E-state index contributed by atoms with van der Waals surface area (Å²) < 4.78 is 11.5. The maximum atomic E-state index is 12.6. The molecule has 1 aromatic rings. The number of epoxide rings is 1. The van der Waals surface area contributed by atoms with Crippen LogP contribution in [-0.2, 0) is 19.9 Å². The Morgan fingerprint density at radius 1 is 1.21 bits per heavy atom. The maximum Gasteiger partial charge on any atom is 0.346 e. The summed E-state index contributed by atoms with van der Waals surface area (Å²) >= 11 is 0. The fraction of sp³-hybridized carbons (Fsp3) is 0.562. The molecule has 1 saturated carbocycles. The highest BCUT2D eigenvalue weighted by atomic mass is 16.7. The molecule has 1 atom stereocenters. The quantitative estimate of drug-likeness (QED) is 0.605. The standard InChI is InChI=1S/C16H20O3/c1-14(2,3)18-13(17)16(12-8-5-4-6-9-12)15(19-16)10-7-11-15/h4-6,8-9H,7,10-11H2,1-3H3. The second kappa shape index (κ2) is 3.83. The predicted molar refractivity (Wildman–Crippen MR) is 71.6 cm³/mol. The van der Waals surface area contributed by atoms with Gasteiger partial charge in [-0.15, -0.1) is 0 Å². The highest BCUT2D eigenvalue weighted by molar-refractivity contribution is 5.87. The molecule has 1 aliphatic heterocycles. The van der Waals surface area contributed by atoms with Crippen LogP contribution in [-0.4, -0.2) is 17.2 Å². The number of hydrogen-bond donors (Lipinski definition) is 0. The van der Waals surface area contributed by atoms with E-state index < -0.39 is 11.2 Å². The Hall–Kier alpha value is -1.35. The molecule has 102 valence electrons. The Morgan fingerprint density at radius 2 is 1.84 bits per heavy atom. The van der Waals surface area contributed by atoms with Gasteiger partial charge in [0.1, 0.15) is 11.2 Å². The second-order valence-corrected chi connectivity index (χ2v) is 6.50. The average molecular weight is 260 g/mol. The van der Waals surface area contributed by atoms with E-state index in [1.165, 1.54) is 0 Å². The van der Waals surface area contributed by atoms with Crippen molar-refractivity contribution in [3.63, 3.8) is 0 Å². The van der Waals surface area contributed by atoms with Gasteiger partial charge in [0.25, 0.3) is 0 Å². The lowest BCUT2D eigenvalue weighted by atomic mass is 9.73. The molecule has 3 nitrogen and oxygen atoms in total. The van der Waals surface area contributed by atoms with Gasteiger partial charge in [-0.2, -0.15) is 0 Å². The lowest BCUT2D eigenvalue weighted by molar-refractivity contribution is -0.162. The minimum absolute atomic E-state index is 0.245. The van der Waals surface area contributed by atoms with E-state index in [1.807, 2.05) is 51.1 Å². The molecule has 0 aromatic heterocycles. The topological polar surface area (TPSA) is 38.8 Å². The maximum absolute atomic E-state index is 12.6. The molecule has 1 heterocycles. The van der Waals surface area contributed by atoms with Crippen LogP contribution in [0.2, 0.25) is 0 Å². The van der Waals surface area contributed by atoms with Gasteiger partial charge in [-0.3, -0.25) is 0 Å². The third kappa shape index (κ3) is 1.79. The first-order chi connectivity index (χ1) is 8.90. The number of benzene rings is 1. The van der Waals surface area contributed by atoms with Crippen molar-refractivity contribution < 1.29 is 14.3 Å². The minimum atomic E-state index is -0.861. The van der Waals surface area contributed by atoms with Gasteiger partial charge in [0.05, 0.1) is 0 Å². The van der Waals surface area contributed by atoms with Crippen LogP contribution in [0, 0.1) is 0 Å². The lowest BCUT2D eigenvalue weighted by Crippen LogP contribution is -2.40. The van der Waals surface area contributed by atoms with Crippen molar-refractivity contribution in [2.75, 3.05) is 0 Å². The van der Waals surface area contributed by atoms with E-state index >= 15 is 0 Å². The molecule has 0 radical (unpaired) electrons. The van der Waals surface area contributed by atoms with Crippen LogP contribution in [0.1, 0.15) is 45.6 Å². The molecule has 0 N–H and O–H groups in total. The van der Waals surface area contributed by atoms with E-state index in [0.29, 0.717) is 0 Å². The van der Waals surface area contributed by atoms with Gasteiger partial charge < -0.3 is 9.47 Å². The number of carbonyl (C=O) groups excluding carboxylic acids is 1. The van der Waals surface area contributed by atoms with Crippen molar-refractivity contribution in [2.24, 2.45) is 0 Å². The molecule has 1 saturated heterocycles. The van der Waals surface area contributed by atoms with Crippen molar-refractivity contribution in [3.8, 4) is 0 Å². The summed E-state index contributed by atoms with van der Waals surface area (Å²) in [6.45, 7) is 5.66.